The number of aromatic nitrogens is 1. The van der Waals surface area contributed by atoms with E-state index in [1.807, 2.05) is 18.2 Å². The molecule has 0 saturated carbocycles. The lowest BCUT2D eigenvalue weighted by Gasteiger charge is -2.35. The maximum atomic E-state index is 11.9. The molecular formula is C20H25N3O4. The van der Waals surface area contributed by atoms with E-state index in [0.29, 0.717) is 6.54 Å². The van der Waals surface area contributed by atoms with Crippen LogP contribution in [-0.4, -0.2) is 69.4 Å². The largest absolute Gasteiger partial charge is 0.478 e. The zero-order valence-electron chi connectivity index (χ0n) is 15.2. The lowest BCUT2D eigenvalue weighted by Crippen LogP contribution is -2.48. The molecule has 7 nitrogen and oxygen atoms in total. The fraction of sp³-hybridized carbons (Fsp3) is 0.400. The third-order valence-electron chi connectivity index (χ3n) is 4.82. The summed E-state index contributed by atoms with van der Waals surface area (Å²) >= 11 is 0. The molecule has 2 heterocycles. The fourth-order valence-electron chi connectivity index (χ4n) is 3.35. The van der Waals surface area contributed by atoms with Gasteiger partial charge in [0.15, 0.2) is 0 Å². The Morgan fingerprint density at radius 3 is 2.30 bits per heavy atom. The summed E-state index contributed by atoms with van der Waals surface area (Å²) in [4.78, 5) is 27.5. The number of carbonyl (C=O) groups is 1. The highest BCUT2D eigenvalue weighted by Crippen LogP contribution is 2.09. The molecule has 1 fully saturated rings. The zero-order chi connectivity index (χ0) is 19.2. The molecular weight excluding hydrogens is 346 g/mol. The minimum Gasteiger partial charge on any atom is -0.478 e. The van der Waals surface area contributed by atoms with E-state index >= 15 is 0 Å². The summed E-state index contributed by atoms with van der Waals surface area (Å²) < 4.78 is 1.26. The molecule has 144 valence electrons. The average molecular weight is 371 g/mol. The van der Waals surface area contributed by atoms with Crippen LogP contribution in [0.15, 0.2) is 53.5 Å². The van der Waals surface area contributed by atoms with Crippen molar-refractivity contribution >= 4 is 5.97 Å². The van der Waals surface area contributed by atoms with Crippen molar-refractivity contribution in [2.45, 2.75) is 19.2 Å². The fourth-order valence-corrected chi connectivity index (χ4v) is 3.35. The predicted octanol–water partition coefficient (Wildman–Crippen LogP) is 0.725. The highest BCUT2D eigenvalue weighted by molar-refractivity contribution is 5.87. The molecule has 3 rings (SSSR count). The number of aliphatic hydroxyl groups excluding tert-OH is 1. The normalized spacial score (nSPS) is 16.9. The van der Waals surface area contributed by atoms with Crippen LogP contribution >= 0.6 is 0 Å². The van der Waals surface area contributed by atoms with E-state index in [4.69, 9.17) is 5.11 Å². The van der Waals surface area contributed by atoms with Gasteiger partial charge in [-0.25, -0.2) is 4.79 Å². The van der Waals surface area contributed by atoms with Crippen molar-refractivity contribution in [3.05, 3.63) is 70.1 Å². The smallest absolute Gasteiger partial charge is 0.337 e. The van der Waals surface area contributed by atoms with Gasteiger partial charge in [-0.3, -0.25) is 14.6 Å². The van der Waals surface area contributed by atoms with Gasteiger partial charge < -0.3 is 14.8 Å². The molecule has 0 radical (unpaired) electrons. The van der Waals surface area contributed by atoms with Gasteiger partial charge in [0.1, 0.15) is 0 Å². The zero-order valence-corrected chi connectivity index (χ0v) is 15.2. The molecule has 1 saturated heterocycles. The van der Waals surface area contributed by atoms with Crippen LogP contribution in [0, 0.1) is 0 Å². The van der Waals surface area contributed by atoms with Crippen molar-refractivity contribution in [3.63, 3.8) is 0 Å². The molecule has 2 aromatic rings. The van der Waals surface area contributed by atoms with E-state index in [-0.39, 0.29) is 17.7 Å². The molecule has 1 aromatic heterocycles. The van der Waals surface area contributed by atoms with Gasteiger partial charge in [-0.15, -0.1) is 0 Å². The van der Waals surface area contributed by atoms with Crippen molar-refractivity contribution in [2.75, 3.05) is 32.7 Å². The first kappa shape index (κ1) is 19.3. The SMILES string of the molecule is O=C(O)c1ccc(=O)n(C[C@H](O)CN2CCN(Cc3ccccc3)CC2)c1. The summed E-state index contributed by atoms with van der Waals surface area (Å²) in [5, 5.41) is 19.4. The number of pyridine rings is 1. The van der Waals surface area contributed by atoms with E-state index in [9.17, 15) is 14.7 Å². The second-order valence-corrected chi connectivity index (χ2v) is 6.93. The lowest BCUT2D eigenvalue weighted by atomic mass is 10.2. The van der Waals surface area contributed by atoms with Gasteiger partial charge >= 0.3 is 5.97 Å². The van der Waals surface area contributed by atoms with Crippen molar-refractivity contribution in [2.24, 2.45) is 0 Å². The van der Waals surface area contributed by atoms with Gasteiger partial charge in [0.25, 0.3) is 5.56 Å². The standard InChI is InChI=1S/C20H25N3O4/c24-18(15-23-13-17(20(26)27)6-7-19(23)25)14-22-10-8-21(9-11-22)12-16-4-2-1-3-5-16/h1-7,13,18,24H,8-12,14-15H2,(H,26,27)/t18-/m1/s1. The monoisotopic (exact) mass is 371 g/mol. The first-order valence-electron chi connectivity index (χ1n) is 9.12. The Balaban J connectivity index is 1.48. The van der Waals surface area contributed by atoms with Crippen molar-refractivity contribution < 1.29 is 15.0 Å². The van der Waals surface area contributed by atoms with E-state index in [1.54, 1.807) is 0 Å². The summed E-state index contributed by atoms with van der Waals surface area (Å²) in [5.74, 6) is -1.09. The summed E-state index contributed by atoms with van der Waals surface area (Å²) in [5.41, 5.74) is 1.02. The number of nitrogens with zero attached hydrogens (tertiary/aromatic N) is 3. The third kappa shape index (κ3) is 5.50. The molecule has 0 spiro atoms. The molecule has 27 heavy (non-hydrogen) atoms. The first-order valence-corrected chi connectivity index (χ1v) is 9.12. The topological polar surface area (TPSA) is 86.0 Å². The number of benzene rings is 1. The van der Waals surface area contributed by atoms with Crippen LogP contribution in [0.1, 0.15) is 15.9 Å². The van der Waals surface area contributed by atoms with Crippen LogP contribution in [-0.2, 0) is 13.1 Å². The van der Waals surface area contributed by atoms with Crippen LogP contribution in [0.4, 0.5) is 0 Å². The Bertz CT molecular complexity index is 813. The molecule has 1 aliphatic rings. The predicted molar refractivity (Wildman–Crippen MR) is 102 cm³/mol. The van der Waals surface area contributed by atoms with Gasteiger partial charge in [0.05, 0.1) is 18.2 Å². The van der Waals surface area contributed by atoms with Gasteiger partial charge in [-0.05, 0) is 11.6 Å². The van der Waals surface area contributed by atoms with Crippen molar-refractivity contribution in [1.29, 1.82) is 0 Å². The number of hydrogen-bond acceptors (Lipinski definition) is 5. The number of hydrogen-bond donors (Lipinski definition) is 2. The van der Waals surface area contributed by atoms with Gasteiger partial charge in [0.2, 0.25) is 0 Å². The van der Waals surface area contributed by atoms with Gasteiger partial charge in [-0.1, -0.05) is 30.3 Å². The number of carboxylic acids is 1. The Labute approximate surface area is 158 Å². The molecule has 1 aliphatic heterocycles. The maximum absolute atomic E-state index is 11.9. The van der Waals surface area contributed by atoms with Crippen LogP contribution < -0.4 is 5.56 Å². The Morgan fingerprint density at radius 2 is 1.63 bits per heavy atom. The maximum Gasteiger partial charge on any atom is 0.337 e. The molecule has 0 aliphatic carbocycles. The molecule has 0 unspecified atom stereocenters. The number of β-amino-alcohol motifs (C(OH)–C–C–N with tert-alkyl or cyclic N) is 1. The number of carboxylic acid groups (broad SMARTS) is 1. The number of piperazine rings is 1. The van der Waals surface area contributed by atoms with Crippen LogP contribution in [0.3, 0.4) is 0 Å². The van der Waals surface area contributed by atoms with Crippen LogP contribution in [0.2, 0.25) is 0 Å². The molecule has 2 N–H and O–H groups in total. The Kier molecular flexibility index (Phi) is 6.39. The van der Waals surface area contributed by atoms with E-state index in [1.165, 1.54) is 28.5 Å². The highest BCUT2D eigenvalue weighted by atomic mass is 16.4. The molecule has 1 aromatic carbocycles. The summed E-state index contributed by atoms with van der Waals surface area (Å²) in [6, 6.07) is 12.9. The molecule has 1 atom stereocenters. The second kappa shape index (κ2) is 8.94. The van der Waals surface area contributed by atoms with Crippen molar-refractivity contribution in [1.82, 2.24) is 14.4 Å². The van der Waals surface area contributed by atoms with Gasteiger partial charge in [-0.2, -0.15) is 0 Å². The summed E-state index contributed by atoms with van der Waals surface area (Å²) in [6.07, 6.45) is 0.554. The Morgan fingerprint density at radius 1 is 0.963 bits per heavy atom. The molecule has 7 heteroatoms. The minimum atomic E-state index is -1.09. The average Bonchev–Trinajstić information content (AvgIpc) is 2.66. The first-order chi connectivity index (χ1) is 13.0. The van der Waals surface area contributed by atoms with E-state index in [2.05, 4.69) is 21.9 Å². The summed E-state index contributed by atoms with van der Waals surface area (Å²) in [7, 11) is 0. The quantitative estimate of drug-likeness (QED) is 0.746. The van der Waals surface area contributed by atoms with Gasteiger partial charge in [0, 0.05) is 51.5 Å². The van der Waals surface area contributed by atoms with Crippen molar-refractivity contribution in [3.8, 4) is 0 Å². The van der Waals surface area contributed by atoms with Crippen LogP contribution in [0.25, 0.3) is 0 Å². The highest BCUT2D eigenvalue weighted by Gasteiger charge is 2.20. The third-order valence-corrected chi connectivity index (χ3v) is 4.82. The van der Waals surface area contributed by atoms with Crippen LogP contribution in [0.5, 0.6) is 0 Å². The molecule has 0 bridgehead atoms. The second-order valence-electron chi connectivity index (χ2n) is 6.93. The number of aromatic carboxylic acids is 1. The lowest BCUT2D eigenvalue weighted by molar-refractivity contribution is 0.0612. The van der Waals surface area contributed by atoms with E-state index in [0.717, 1.165) is 32.7 Å². The van der Waals surface area contributed by atoms with E-state index < -0.39 is 12.1 Å². The molecule has 0 amide bonds. The Hall–Kier alpha value is -2.48. The minimum absolute atomic E-state index is 0.0383. The number of aliphatic hydroxyl groups is 1. The number of rotatable bonds is 7. The summed E-state index contributed by atoms with van der Waals surface area (Å²) in [6.45, 7) is 5.04.